The molecule has 2 aliphatic carbocycles. The minimum atomic E-state index is -0.533. The number of carbonyl (C=O) groups excluding carboxylic acids is 1. The standard InChI is InChI=1S/C22H23ClFN5OS/c1-29-21(25)19(22(30)27-15-2-3-17(24)16(23)8-15)20(28-29)14-6-11-4-13(5-12(11)7-14)18-9-31-10-26-18/h2-3,8-14H,4-7,25H2,1H3,(H,27,30). The van der Waals surface area contributed by atoms with Crippen LogP contribution in [-0.4, -0.2) is 20.7 Å². The summed E-state index contributed by atoms with van der Waals surface area (Å²) in [5.41, 5.74) is 10.9. The van der Waals surface area contributed by atoms with E-state index >= 15 is 0 Å². The molecule has 2 aromatic heterocycles. The lowest BCUT2D eigenvalue weighted by Crippen LogP contribution is -2.16. The SMILES string of the molecule is Cn1nc(C2CC3CC(c4cscn4)CC3C2)c(C(=O)Nc2ccc(F)c(Cl)c2)c1N. The van der Waals surface area contributed by atoms with Crippen molar-refractivity contribution in [1.82, 2.24) is 14.8 Å². The van der Waals surface area contributed by atoms with E-state index in [0.717, 1.165) is 31.4 Å². The predicted molar refractivity (Wildman–Crippen MR) is 120 cm³/mol. The molecule has 162 valence electrons. The van der Waals surface area contributed by atoms with Crippen LogP contribution in [-0.2, 0) is 7.05 Å². The zero-order valence-electron chi connectivity index (χ0n) is 17.0. The minimum Gasteiger partial charge on any atom is -0.383 e. The Labute approximate surface area is 188 Å². The Balaban J connectivity index is 1.35. The Morgan fingerprint density at radius 2 is 1.97 bits per heavy atom. The second-order valence-electron chi connectivity index (χ2n) is 8.62. The van der Waals surface area contributed by atoms with Gasteiger partial charge in [0.15, 0.2) is 0 Å². The molecule has 2 aliphatic rings. The maximum absolute atomic E-state index is 13.4. The average Bonchev–Trinajstić information content (AvgIpc) is 3.48. The summed E-state index contributed by atoms with van der Waals surface area (Å²) in [5.74, 6) is 1.43. The zero-order valence-corrected chi connectivity index (χ0v) is 18.6. The first kappa shape index (κ1) is 20.5. The Morgan fingerprint density at radius 3 is 2.61 bits per heavy atom. The first-order valence-electron chi connectivity index (χ1n) is 10.4. The van der Waals surface area contributed by atoms with Crippen LogP contribution in [0.1, 0.15) is 59.3 Å². The largest absolute Gasteiger partial charge is 0.383 e. The third-order valence-corrected chi connectivity index (χ3v) is 7.69. The van der Waals surface area contributed by atoms with E-state index in [1.54, 1.807) is 23.1 Å². The summed E-state index contributed by atoms with van der Waals surface area (Å²) in [4.78, 5) is 17.6. The van der Waals surface area contributed by atoms with Crippen LogP contribution in [0, 0.1) is 17.7 Å². The number of carbonyl (C=O) groups is 1. The Kier molecular flexibility index (Phi) is 5.22. The molecule has 9 heteroatoms. The predicted octanol–water partition coefficient (Wildman–Crippen LogP) is 5.19. The highest BCUT2D eigenvalue weighted by Crippen LogP contribution is 2.55. The molecule has 3 aromatic rings. The maximum atomic E-state index is 13.4. The number of nitrogens with two attached hydrogens (primary N) is 1. The number of halogens is 2. The van der Waals surface area contributed by atoms with Crippen molar-refractivity contribution in [3.05, 3.63) is 56.9 Å². The highest BCUT2D eigenvalue weighted by Gasteiger charge is 2.44. The first-order chi connectivity index (χ1) is 14.9. The number of amides is 1. The van der Waals surface area contributed by atoms with Crippen molar-refractivity contribution in [2.24, 2.45) is 18.9 Å². The average molecular weight is 460 g/mol. The van der Waals surface area contributed by atoms with E-state index in [9.17, 15) is 9.18 Å². The lowest BCUT2D eigenvalue weighted by atomic mass is 9.93. The van der Waals surface area contributed by atoms with Gasteiger partial charge in [0.1, 0.15) is 17.2 Å². The van der Waals surface area contributed by atoms with Crippen molar-refractivity contribution in [3.8, 4) is 0 Å². The van der Waals surface area contributed by atoms with Gasteiger partial charge in [-0.2, -0.15) is 5.10 Å². The number of rotatable bonds is 4. The third kappa shape index (κ3) is 3.72. The minimum absolute atomic E-state index is 0.0459. The van der Waals surface area contributed by atoms with Gasteiger partial charge >= 0.3 is 0 Å². The summed E-state index contributed by atoms with van der Waals surface area (Å²) >= 11 is 7.50. The maximum Gasteiger partial charge on any atom is 0.261 e. The number of aryl methyl sites for hydroxylation is 1. The molecule has 31 heavy (non-hydrogen) atoms. The van der Waals surface area contributed by atoms with E-state index < -0.39 is 5.82 Å². The smallest absolute Gasteiger partial charge is 0.261 e. The second-order valence-corrected chi connectivity index (χ2v) is 9.75. The molecule has 2 saturated carbocycles. The molecular weight excluding hydrogens is 437 g/mol. The van der Waals surface area contributed by atoms with Crippen molar-refractivity contribution in [2.75, 3.05) is 11.1 Å². The van der Waals surface area contributed by atoms with Crippen LogP contribution in [0.2, 0.25) is 5.02 Å². The van der Waals surface area contributed by atoms with E-state index in [0.29, 0.717) is 34.8 Å². The molecule has 0 saturated heterocycles. The number of thiazole rings is 1. The van der Waals surface area contributed by atoms with Crippen molar-refractivity contribution < 1.29 is 9.18 Å². The van der Waals surface area contributed by atoms with Gasteiger partial charge in [-0.15, -0.1) is 11.3 Å². The van der Waals surface area contributed by atoms with Crippen molar-refractivity contribution in [3.63, 3.8) is 0 Å². The van der Waals surface area contributed by atoms with Crippen LogP contribution < -0.4 is 11.1 Å². The molecule has 0 spiro atoms. The van der Waals surface area contributed by atoms with Crippen LogP contribution >= 0.6 is 22.9 Å². The topological polar surface area (TPSA) is 85.8 Å². The molecule has 0 radical (unpaired) electrons. The molecule has 1 aromatic carbocycles. The summed E-state index contributed by atoms with van der Waals surface area (Å²) in [5, 5.41) is 9.52. The number of aromatic nitrogens is 3. The van der Waals surface area contributed by atoms with Gasteiger partial charge in [-0.25, -0.2) is 9.37 Å². The zero-order chi connectivity index (χ0) is 21.7. The van der Waals surface area contributed by atoms with Crippen LogP contribution in [0.3, 0.4) is 0 Å². The Bertz CT molecular complexity index is 1120. The normalized spacial score (nSPS) is 25.0. The summed E-state index contributed by atoms with van der Waals surface area (Å²) in [6, 6.07) is 4.09. The summed E-state index contributed by atoms with van der Waals surface area (Å²) in [6.45, 7) is 0. The lowest BCUT2D eigenvalue weighted by molar-refractivity contribution is 0.102. The quantitative estimate of drug-likeness (QED) is 0.562. The number of nitrogens with one attached hydrogen (secondary N) is 1. The fourth-order valence-corrected chi connectivity index (χ4v) is 6.17. The first-order valence-corrected chi connectivity index (χ1v) is 11.7. The van der Waals surface area contributed by atoms with E-state index in [1.807, 2.05) is 5.51 Å². The molecule has 1 amide bonds. The molecule has 0 aliphatic heterocycles. The number of nitrogen functional groups attached to an aromatic ring is 1. The van der Waals surface area contributed by atoms with E-state index in [-0.39, 0.29) is 16.8 Å². The van der Waals surface area contributed by atoms with Crippen LogP contribution in [0.25, 0.3) is 0 Å². The monoisotopic (exact) mass is 459 g/mol. The highest BCUT2D eigenvalue weighted by atomic mass is 35.5. The highest BCUT2D eigenvalue weighted by molar-refractivity contribution is 7.07. The summed E-state index contributed by atoms with van der Waals surface area (Å²) in [7, 11) is 1.75. The summed E-state index contributed by atoms with van der Waals surface area (Å²) in [6.07, 6.45) is 4.29. The third-order valence-electron chi connectivity index (χ3n) is 6.80. The summed E-state index contributed by atoms with van der Waals surface area (Å²) < 4.78 is 15.0. The molecule has 2 unspecified atom stereocenters. The fraction of sp³-hybridized carbons (Fsp3) is 0.409. The second kappa shape index (κ2) is 7.91. The van der Waals surface area contributed by atoms with Crippen molar-refractivity contribution >= 4 is 40.4 Å². The number of nitrogens with zero attached hydrogens (tertiary/aromatic N) is 3. The number of benzene rings is 1. The molecule has 2 heterocycles. The van der Waals surface area contributed by atoms with E-state index in [4.69, 9.17) is 17.3 Å². The molecule has 2 atom stereocenters. The van der Waals surface area contributed by atoms with Gasteiger partial charge in [-0.1, -0.05) is 11.6 Å². The lowest BCUT2D eigenvalue weighted by Gasteiger charge is -2.14. The van der Waals surface area contributed by atoms with Gasteiger partial charge < -0.3 is 11.1 Å². The molecule has 0 bridgehead atoms. The number of hydrogen-bond acceptors (Lipinski definition) is 5. The number of fused-ring (bicyclic) bond motifs is 1. The molecule has 6 nitrogen and oxygen atoms in total. The van der Waals surface area contributed by atoms with Gasteiger partial charge in [0, 0.05) is 30.0 Å². The van der Waals surface area contributed by atoms with Gasteiger partial charge in [0.2, 0.25) is 0 Å². The Morgan fingerprint density at radius 1 is 1.26 bits per heavy atom. The van der Waals surface area contributed by atoms with E-state index in [1.165, 1.54) is 23.9 Å². The van der Waals surface area contributed by atoms with Crippen molar-refractivity contribution in [2.45, 2.75) is 37.5 Å². The number of anilines is 2. The fourth-order valence-electron chi connectivity index (χ4n) is 5.35. The Hall–Kier alpha value is -2.45. The van der Waals surface area contributed by atoms with Crippen LogP contribution in [0.15, 0.2) is 29.1 Å². The van der Waals surface area contributed by atoms with Gasteiger partial charge in [0.05, 0.1) is 21.9 Å². The molecule has 5 rings (SSSR count). The van der Waals surface area contributed by atoms with Gasteiger partial charge in [0.25, 0.3) is 5.91 Å². The number of hydrogen-bond donors (Lipinski definition) is 2. The molecular formula is C22H23ClFN5OS. The van der Waals surface area contributed by atoms with Crippen molar-refractivity contribution in [1.29, 1.82) is 0 Å². The van der Waals surface area contributed by atoms with Gasteiger partial charge in [-0.05, 0) is 55.7 Å². The van der Waals surface area contributed by atoms with Gasteiger partial charge in [-0.3, -0.25) is 9.48 Å². The molecule has 3 N–H and O–H groups in total. The molecule has 2 fully saturated rings. The van der Waals surface area contributed by atoms with Crippen LogP contribution in [0.5, 0.6) is 0 Å². The van der Waals surface area contributed by atoms with Crippen LogP contribution in [0.4, 0.5) is 15.9 Å². The van der Waals surface area contributed by atoms with E-state index in [2.05, 4.69) is 20.8 Å².